The molecule has 1 fully saturated rings. The van der Waals surface area contributed by atoms with Gasteiger partial charge in [-0.05, 0) is 0 Å². The second-order valence-corrected chi connectivity index (χ2v) is 6.41. The zero-order chi connectivity index (χ0) is 13.1. The van der Waals surface area contributed by atoms with Gasteiger partial charge in [-0.2, -0.15) is 0 Å². The van der Waals surface area contributed by atoms with Crippen molar-refractivity contribution in [2.45, 2.75) is 12.5 Å². The highest BCUT2D eigenvalue weighted by Gasteiger charge is 2.27. The number of hydrogen-bond donors (Lipinski definition) is 2. The molecule has 0 aliphatic carbocycles. The van der Waals surface area contributed by atoms with Crippen LogP contribution in [-0.2, 0) is 19.4 Å². The molecule has 1 aliphatic heterocycles. The van der Waals surface area contributed by atoms with Crippen LogP contribution < -0.4 is 11.1 Å². The number of carbonyl (C=O) groups excluding carboxylic acids is 2. The summed E-state index contributed by atoms with van der Waals surface area (Å²) < 4.78 is 22.7. The minimum absolute atomic E-state index is 0.0385. The molecule has 7 nitrogen and oxygen atoms in total. The Bertz CT molecular complexity index is 406. The number of likely N-dealkylation sites (N-methyl/N-ethyl adjacent to an activating group) is 1. The van der Waals surface area contributed by atoms with Crippen molar-refractivity contribution in [2.24, 2.45) is 5.73 Å². The number of nitrogens with zero attached hydrogens (tertiary/aromatic N) is 1. The maximum atomic E-state index is 11.6. The van der Waals surface area contributed by atoms with E-state index >= 15 is 0 Å². The first-order valence-corrected chi connectivity index (χ1v) is 7.08. The molecular formula is C9H17N3O4S. The van der Waals surface area contributed by atoms with E-state index in [9.17, 15) is 18.0 Å². The van der Waals surface area contributed by atoms with E-state index < -0.39 is 15.7 Å². The zero-order valence-corrected chi connectivity index (χ0v) is 10.5. The molecule has 98 valence electrons. The topological polar surface area (TPSA) is 110 Å². The highest BCUT2D eigenvalue weighted by atomic mass is 32.2. The van der Waals surface area contributed by atoms with Crippen LogP contribution in [0.25, 0.3) is 0 Å². The van der Waals surface area contributed by atoms with Crippen molar-refractivity contribution < 1.29 is 18.0 Å². The molecule has 8 heteroatoms. The largest absolute Gasteiger partial charge is 0.368 e. The Kier molecular flexibility index (Phi) is 4.47. The second kappa shape index (κ2) is 5.46. The molecule has 0 radical (unpaired) electrons. The van der Waals surface area contributed by atoms with E-state index in [1.807, 2.05) is 0 Å². The molecule has 0 aromatic heterocycles. The average Bonchev–Trinajstić information content (AvgIpc) is 2.14. The van der Waals surface area contributed by atoms with Crippen molar-refractivity contribution in [1.82, 2.24) is 10.2 Å². The van der Waals surface area contributed by atoms with E-state index in [2.05, 4.69) is 5.32 Å². The van der Waals surface area contributed by atoms with Gasteiger partial charge >= 0.3 is 0 Å². The van der Waals surface area contributed by atoms with Gasteiger partial charge in [0, 0.05) is 26.1 Å². The normalized spacial score (nSPS) is 23.0. The Hall–Kier alpha value is -1.15. The van der Waals surface area contributed by atoms with Gasteiger partial charge in [0.25, 0.3) is 0 Å². The summed E-state index contributed by atoms with van der Waals surface area (Å²) in [6.07, 6.45) is 0.0585. The lowest BCUT2D eigenvalue weighted by atomic mass is 10.2. The molecule has 0 aromatic rings. The lowest BCUT2D eigenvalue weighted by molar-refractivity contribution is -0.134. The van der Waals surface area contributed by atoms with Crippen LogP contribution >= 0.6 is 0 Å². The molecule has 0 bridgehead atoms. The molecule has 0 aromatic carbocycles. The van der Waals surface area contributed by atoms with Gasteiger partial charge in [-0.1, -0.05) is 0 Å². The van der Waals surface area contributed by atoms with Crippen molar-refractivity contribution in [2.75, 3.05) is 31.6 Å². The van der Waals surface area contributed by atoms with Crippen molar-refractivity contribution in [3.8, 4) is 0 Å². The Morgan fingerprint density at radius 1 is 1.47 bits per heavy atom. The Morgan fingerprint density at radius 3 is 2.65 bits per heavy atom. The smallest absolute Gasteiger partial charge is 0.237 e. The Balaban J connectivity index is 2.48. The van der Waals surface area contributed by atoms with E-state index in [-0.39, 0.29) is 36.4 Å². The van der Waals surface area contributed by atoms with E-state index in [0.717, 1.165) is 0 Å². The second-order valence-electron chi connectivity index (χ2n) is 4.19. The molecule has 0 spiro atoms. The summed E-state index contributed by atoms with van der Waals surface area (Å²) >= 11 is 0. The number of carbonyl (C=O) groups is 2. The fourth-order valence-corrected chi connectivity index (χ4v) is 3.13. The summed E-state index contributed by atoms with van der Waals surface area (Å²) in [5.74, 6) is -0.818. The molecule has 1 aliphatic rings. The van der Waals surface area contributed by atoms with Crippen LogP contribution in [0.15, 0.2) is 0 Å². The predicted octanol–water partition coefficient (Wildman–Crippen LogP) is -2.29. The summed E-state index contributed by atoms with van der Waals surface area (Å²) in [4.78, 5) is 23.5. The number of amides is 2. The minimum Gasteiger partial charge on any atom is -0.368 e. The number of hydrogen-bond acceptors (Lipinski definition) is 5. The lowest BCUT2D eigenvalue weighted by Gasteiger charge is -2.25. The standard InChI is InChI=1S/C9H17N3O4S/c1-12(5-8(10)13)9(14)4-7-6-17(15,16)3-2-11-7/h7,11H,2-6H2,1H3,(H2,10,13). The zero-order valence-electron chi connectivity index (χ0n) is 9.68. The molecule has 1 atom stereocenters. The van der Waals surface area contributed by atoms with Crippen LogP contribution in [0.2, 0.25) is 0 Å². The third-order valence-corrected chi connectivity index (χ3v) is 4.28. The van der Waals surface area contributed by atoms with Crippen molar-refractivity contribution in [3.63, 3.8) is 0 Å². The Morgan fingerprint density at radius 2 is 2.12 bits per heavy atom. The first-order valence-electron chi connectivity index (χ1n) is 5.26. The minimum atomic E-state index is -3.05. The number of nitrogens with two attached hydrogens (primary N) is 1. The van der Waals surface area contributed by atoms with E-state index in [4.69, 9.17) is 5.73 Å². The Labute approximate surface area is 100 Å². The number of nitrogens with one attached hydrogen (secondary N) is 1. The third kappa shape index (κ3) is 4.70. The quantitative estimate of drug-likeness (QED) is 0.593. The predicted molar refractivity (Wildman–Crippen MR) is 61.9 cm³/mol. The van der Waals surface area contributed by atoms with Gasteiger partial charge in [0.2, 0.25) is 11.8 Å². The van der Waals surface area contributed by atoms with Crippen LogP contribution in [0.1, 0.15) is 6.42 Å². The average molecular weight is 263 g/mol. The number of sulfone groups is 1. The molecule has 2 amide bonds. The van der Waals surface area contributed by atoms with Crippen molar-refractivity contribution in [1.29, 1.82) is 0 Å². The van der Waals surface area contributed by atoms with E-state index in [0.29, 0.717) is 6.54 Å². The van der Waals surface area contributed by atoms with Gasteiger partial charge < -0.3 is 16.0 Å². The van der Waals surface area contributed by atoms with Crippen molar-refractivity contribution in [3.05, 3.63) is 0 Å². The van der Waals surface area contributed by atoms with Crippen LogP contribution in [0, 0.1) is 0 Å². The van der Waals surface area contributed by atoms with Gasteiger partial charge in [-0.15, -0.1) is 0 Å². The summed E-state index contributed by atoms with van der Waals surface area (Å²) in [6, 6.07) is -0.378. The maximum absolute atomic E-state index is 11.6. The molecule has 0 saturated carbocycles. The molecule has 17 heavy (non-hydrogen) atoms. The summed E-state index contributed by atoms with van der Waals surface area (Å²) in [5.41, 5.74) is 4.96. The fraction of sp³-hybridized carbons (Fsp3) is 0.778. The van der Waals surface area contributed by atoms with Gasteiger partial charge in [0.05, 0.1) is 18.1 Å². The van der Waals surface area contributed by atoms with Gasteiger partial charge in [0.1, 0.15) is 0 Å². The number of primary amides is 1. The van der Waals surface area contributed by atoms with Crippen LogP contribution in [-0.4, -0.2) is 62.8 Å². The first kappa shape index (κ1) is 13.9. The fourth-order valence-electron chi connectivity index (χ4n) is 1.69. The SMILES string of the molecule is CN(CC(N)=O)C(=O)CC1CS(=O)(=O)CCN1. The van der Waals surface area contributed by atoms with Crippen LogP contribution in [0.4, 0.5) is 0 Å². The molecular weight excluding hydrogens is 246 g/mol. The molecule has 3 N–H and O–H groups in total. The third-order valence-electron chi connectivity index (χ3n) is 2.54. The van der Waals surface area contributed by atoms with Gasteiger partial charge in [0.15, 0.2) is 9.84 Å². The molecule has 1 saturated heterocycles. The van der Waals surface area contributed by atoms with Crippen LogP contribution in [0.3, 0.4) is 0 Å². The molecule has 1 unspecified atom stereocenters. The summed E-state index contributed by atoms with van der Waals surface area (Å²) in [6.45, 7) is 0.206. The molecule has 1 rings (SSSR count). The van der Waals surface area contributed by atoms with E-state index in [1.165, 1.54) is 11.9 Å². The highest BCUT2D eigenvalue weighted by Crippen LogP contribution is 2.06. The number of rotatable bonds is 4. The lowest BCUT2D eigenvalue weighted by Crippen LogP contribution is -2.48. The maximum Gasteiger partial charge on any atom is 0.237 e. The van der Waals surface area contributed by atoms with Gasteiger partial charge in [-0.3, -0.25) is 9.59 Å². The summed E-state index contributed by atoms with van der Waals surface area (Å²) in [7, 11) is -1.59. The van der Waals surface area contributed by atoms with Crippen LogP contribution in [0.5, 0.6) is 0 Å². The first-order chi connectivity index (χ1) is 7.80. The highest BCUT2D eigenvalue weighted by molar-refractivity contribution is 7.91. The summed E-state index contributed by atoms with van der Waals surface area (Å²) in [5, 5.41) is 2.97. The molecule has 1 heterocycles. The monoisotopic (exact) mass is 263 g/mol. The van der Waals surface area contributed by atoms with Gasteiger partial charge in [-0.25, -0.2) is 8.42 Å². The van der Waals surface area contributed by atoms with Crippen molar-refractivity contribution >= 4 is 21.7 Å². The van der Waals surface area contributed by atoms with E-state index in [1.54, 1.807) is 0 Å².